The molecule has 7 heteroatoms. The van der Waals surface area contributed by atoms with Gasteiger partial charge in [0.25, 0.3) is 0 Å². The summed E-state index contributed by atoms with van der Waals surface area (Å²) in [5.41, 5.74) is 1.43. The first kappa shape index (κ1) is 17.4. The molecule has 25 heavy (non-hydrogen) atoms. The number of nitrogens with zero attached hydrogens (tertiary/aromatic N) is 4. The molecule has 0 spiro atoms. The number of rotatable bonds is 6. The Labute approximate surface area is 147 Å². The topological polar surface area (TPSA) is 53.4 Å². The Balaban J connectivity index is 1.60. The number of carbonyl (C=O) groups is 1. The fourth-order valence-corrected chi connectivity index (χ4v) is 2.98. The van der Waals surface area contributed by atoms with E-state index < -0.39 is 0 Å². The van der Waals surface area contributed by atoms with Crippen LogP contribution in [-0.4, -0.2) is 53.8 Å². The lowest BCUT2D eigenvalue weighted by Gasteiger charge is -2.35. The molecule has 1 aromatic carbocycles. The molecule has 2 aromatic rings. The van der Waals surface area contributed by atoms with Crippen LogP contribution >= 0.6 is 0 Å². The number of nitrogens with one attached hydrogen (secondary N) is 1. The predicted molar refractivity (Wildman–Crippen MR) is 96.2 cm³/mol. The average molecular weight is 345 g/mol. The first-order chi connectivity index (χ1) is 12.1. The van der Waals surface area contributed by atoms with Crippen LogP contribution in [0.15, 0.2) is 36.7 Å². The van der Waals surface area contributed by atoms with Gasteiger partial charge in [0.05, 0.1) is 11.4 Å². The highest BCUT2D eigenvalue weighted by Crippen LogP contribution is 2.28. The quantitative estimate of drug-likeness (QED) is 0.872. The average Bonchev–Trinajstić information content (AvgIpc) is 3.09. The van der Waals surface area contributed by atoms with Crippen molar-refractivity contribution < 1.29 is 9.18 Å². The van der Waals surface area contributed by atoms with Gasteiger partial charge in [-0.15, -0.1) is 0 Å². The molecule has 1 aromatic heterocycles. The van der Waals surface area contributed by atoms with Crippen LogP contribution in [0.2, 0.25) is 0 Å². The van der Waals surface area contributed by atoms with E-state index in [2.05, 4.69) is 27.3 Å². The molecule has 0 atom stereocenters. The third kappa shape index (κ3) is 4.79. The third-order valence-corrected chi connectivity index (χ3v) is 4.43. The van der Waals surface area contributed by atoms with E-state index in [1.54, 1.807) is 16.9 Å². The van der Waals surface area contributed by atoms with Gasteiger partial charge in [-0.3, -0.25) is 9.48 Å². The number of carbonyl (C=O) groups excluding carboxylic acids is 1. The number of benzene rings is 1. The summed E-state index contributed by atoms with van der Waals surface area (Å²) in [5, 5.41) is 6.99. The highest BCUT2D eigenvalue weighted by molar-refractivity contribution is 5.94. The summed E-state index contributed by atoms with van der Waals surface area (Å²) in [4.78, 5) is 16.7. The summed E-state index contributed by atoms with van der Waals surface area (Å²) in [6, 6.07) is 6.45. The highest BCUT2D eigenvalue weighted by atomic mass is 19.1. The van der Waals surface area contributed by atoms with Crippen LogP contribution in [0, 0.1) is 5.82 Å². The Morgan fingerprint density at radius 3 is 2.80 bits per heavy atom. The molecule has 0 aliphatic carbocycles. The summed E-state index contributed by atoms with van der Waals surface area (Å²) in [6.07, 6.45) is 4.65. The number of aryl methyl sites for hydroxylation is 1. The fraction of sp³-hybridized carbons (Fsp3) is 0.444. The zero-order valence-electron chi connectivity index (χ0n) is 14.5. The van der Waals surface area contributed by atoms with Gasteiger partial charge >= 0.3 is 0 Å². The van der Waals surface area contributed by atoms with Crippen LogP contribution in [0.1, 0.15) is 12.8 Å². The summed E-state index contributed by atoms with van der Waals surface area (Å²) in [5.74, 6) is -0.446. The molecule has 6 nitrogen and oxygen atoms in total. The Bertz CT molecular complexity index is 695. The van der Waals surface area contributed by atoms with E-state index in [9.17, 15) is 9.18 Å². The zero-order valence-corrected chi connectivity index (χ0v) is 14.5. The largest absolute Gasteiger partial charge is 0.367 e. The van der Waals surface area contributed by atoms with Gasteiger partial charge in [-0.25, -0.2) is 4.39 Å². The lowest BCUT2D eigenvalue weighted by Crippen LogP contribution is -2.44. The molecule has 1 fully saturated rings. The van der Waals surface area contributed by atoms with E-state index in [4.69, 9.17) is 0 Å². The molecular formula is C18H24FN5O. The number of amides is 1. The fourth-order valence-electron chi connectivity index (χ4n) is 2.98. The molecule has 3 rings (SSSR count). The number of hydrogen-bond donors (Lipinski definition) is 1. The van der Waals surface area contributed by atoms with Crippen molar-refractivity contribution in [2.24, 2.45) is 0 Å². The molecule has 134 valence electrons. The highest BCUT2D eigenvalue weighted by Gasteiger charge is 2.18. The van der Waals surface area contributed by atoms with Crippen LogP contribution < -0.4 is 10.2 Å². The van der Waals surface area contributed by atoms with E-state index in [0.717, 1.165) is 31.9 Å². The number of likely N-dealkylation sites (N-methyl/N-ethyl adjacent to an activating group) is 1. The first-order valence-electron chi connectivity index (χ1n) is 8.62. The van der Waals surface area contributed by atoms with Gasteiger partial charge < -0.3 is 15.1 Å². The number of piperazine rings is 1. The monoisotopic (exact) mass is 345 g/mol. The second-order valence-electron chi connectivity index (χ2n) is 6.37. The van der Waals surface area contributed by atoms with E-state index in [1.807, 2.05) is 12.3 Å². The van der Waals surface area contributed by atoms with Crippen LogP contribution in [-0.2, 0) is 11.3 Å². The first-order valence-corrected chi connectivity index (χ1v) is 8.62. The normalized spacial score (nSPS) is 15.4. The standard InChI is InChI=1S/C18H24FN5O/c1-22-10-12-23(13-11-22)17-6-5-15(19)14-16(17)21-18(25)4-2-8-24-9-3-7-20-24/h3,5-7,9,14H,2,4,8,10-13H2,1H3,(H,21,25). The molecule has 0 bridgehead atoms. The second-order valence-corrected chi connectivity index (χ2v) is 6.37. The van der Waals surface area contributed by atoms with Gasteiger partial charge in [0.1, 0.15) is 5.82 Å². The third-order valence-electron chi connectivity index (χ3n) is 4.43. The molecule has 1 saturated heterocycles. The summed E-state index contributed by atoms with van der Waals surface area (Å²) in [7, 11) is 2.09. The number of aromatic nitrogens is 2. The number of hydrogen-bond acceptors (Lipinski definition) is 4. The minimum absolute atomic E-state index is 0.104. The van der Waals surface area contributed by atoms with Crippen molar-refractivity contribution in [2.45, 2.75) is 19.4 Å². The number of halogens is 1. The molecule has 1 amide bonds. The van der Waals surface area contributed by atoms with Crippen molar-refractivity contribution in [1.82, 2.24) is 14.7 Å². The van der Waals surface area contributed by atoms with E-state index in [-0.39, 0.29) is 11.7 Å². The van der Waals surface area contributed by atoms with Gasteiger partial charge in [-0.1, -0.05) is 0 Å². The van der Waals surface area contributed by atoms with Crippen LogP contribution in [0.3, 0.4) is 0 Å². The van der Waals surface area contributed by atoms with Crippen molar-refractivity contribution in [2.75, 3.05) is 43.4 Å². The Hall–Kier alpha value is -2.41. The maximum absolute atomic E-state index is 13.7. The molecule has 1 N–H and O–H groups in total. The molecule has 1 aliphatic heterocycles. The van der Waals surface area contributed by atoms with Crippen LogP contribution in [0.5, 0.6) is 0 Å². The minimum Gasteiger partial charge on any atom is -0.367 e. The van der Waals surface area contributed by atoms with Crippen molar-refractivity contribution >= 4 is 17.3 Å². The van der Waals surface area contributed by atoms with Crippen molar-refractivity contribution in [1.29, 1.82) is 0 Å². The van der Waals surface area contributed by atoms with Crippen LogP contribution in [0.25, 0.3) is 0 Å². The van der Waals surface area contributed by atoms with Crippen LogP contribution in [0.4, 0.5) is 15.8 Å². The van der Waals surface area contributed by atoms with Gasteiger partial charge in [-0.05, 0) is 37.7 Å². The maximum Gasteiger partial charge on any atom is 0.224 e. The van der Waals surface area contributed by atoms with E-state index >= 15 is 0 Å². The van der Waals surface area contributed by atoms with E-state index in [0.29, 0.717) is 25.1 Å². The Morgan fingerprint density at radius 2 is 2.08 bits per heavy atom. The second kappa shape index (κ2) is 8.11. The molecule has 0 unspecified atom stereocenters. The van der Waals surface area contributed by atoms with Crippen molar-refractivity contribution in [3.8, 4) is 0 Å². The SMILES string of the molecule is CN1CCN(c2ccc(F)cc2NC(=O)CCCn2cccn2)CC1. The van der Waals surface area contributed by atoms with Gasteiger partial charge in [0.15, 0.2) is 0 Å². The summed E-state index contributed by atoms with van der Waals surface area (Å²) < 4.78 is 15.5. The van der Waals surface area contributed by atoms with Crippen molar-refractivity contribution in [3.05, 3.63) is 42.5 Å². The molecule has 2 heterocycles. The smallest absolute Gasteiger partial charge is 0.224 e. The van der Waals surface area contributed by atoms with Crippen molar-refractivity contribution in [3.63, 3.8) is 0 Å². The van der Waals surface area contributed by atoms with Gasteiger partial charge in [-0.2, -0.15) is 5.10 Å². The Morgan fingerprint density at radius 1 is 1.28 bits per heavy atom. The molecule has 0 radical (unpaired) electrons. The minimum atomic E-state index is -0.343. The van der Waals surface area contributed by atoms with Gasteiger partial charge in [0, 0.05) is 51.5 Å². The summed E-state index contributed by atoms with van der Waals surface area (Å²) in [6.45, 7) is 4.33. The molecular weight excluding hydrogens is 321 g/mol. The lowest BCUT2D eigenvalue weighted by atomic mass is 10.2. The molecule has 1 aliphatic rings. The number of anilines is 2. The Kier molecular flexibility index (Phi) is 5.65. The summed E-state index contributed by atoms with van der Waals surface area (Å²) >= 11 is 0. The van der Waals surface area contributed by atoms with Gasteiger partial charge in [0.2, 0.25) is 5.91 Å². The van der Waals surface area contributed by atoms with E-state index in [1.165, 1.54) is 12.1 Å². The zero-order chi connectivity index (χ0) is 17.6. The predicted octanol–water partition coefficient (Wildman–Crippen LogP) is 2.19. The lowest BCUT2D eigenvalue weighted by molar-refractivity contribution is -0.116. The maximum atomic E-state index is 13.7. The molecule has 0 saturated carbocycles.